The van der Waals surface area contributed by atoms with Crippen molar-refractivity contribution < 1.29 is 6.51 Å². The molecule has 0 aromatic carbocycles. The fraction of sp³-hybridized carbons (Fsp3) is 0.792. The Morgan fingerprint density at radius 3 is 1.38 bits per heavy atom. The van der Waals surface area contributed by atoms with Crippen LogP contribution in [0.1, 0.15) is 75.6 Å². The van der Waals surface area contributed by atoms with Crippen molar-refractivity contribution in [3.8, 4) is 0 Å². The van der Waals surface area contributed by atoms with Crippen LogP contribution in [0.25, 0.3) is 0 Å². The molecule has 8 bridgehead atoms. The molecule has 0 radical (unpaired) electrons. The molecule has 294 valence electrons. The van der Waals surface area contributed by atoms with Crippen molar-refractivity contribution in [3.05, 3.63) is 60.2 Å². The van der Waals surface area contributed by atoms with E-state index in [4.69, 9.17) is 9.97 Å². The Morgan fingerprint density at radius 2 is 1.05 bits per heavy atom. The Hall–Kier alpha value is 0.113. The summed E-state index contributed by atoms with van der Waals surface area (Å²) < 4.78 is 2.99. The van der Waals surface area contributed by atoms with Crippen LogP contribution in [0.2, 0.25) is 84.7 Å². The molecule has 1 spiro atoms. The number of hydrogen-bond donors (Lipinski definition) is 0. The maximum absolute atomic E-state index is 5.59. The van der Waals surface area contributed by atoms with E-state index in [1.54, 1.807) is 64.2 Å². The second kappa shape index (κ2) is 5.60. The van der Waals surface area contributed by atoms with E-state index in [2.05, 4.69) is 97.3 Å². The van der Waals surface area contributed by atoms with Crippen LogP contribution in [0, 0.1) is 47.3 Å². The van der Waals surface area contributed by atoms with E-state index in [0.29, 0.717) is 4.31 Å². The Balaban J connectivity index is 0.962. The number of nitrogens with zero attached hydrogens (tertiary/aromatic N) is 2. The van der Waals surface area contributed by atoms with Crippen LogP contribution >= 0.6 is 17.2 Å². The van der Waals surface area contributed by atoms with Gasteiger partial charge in [-0.3, -0.25) is 0 Å². The van der Waals surface area contributed by atoms with E-state index >= 15 is 0 Å². The van der Waals surface area contributed by atoms with Gasteiger partial charge in [-0.2, -0.15) is 0 Å². The third-order valence-corrected chi connectivity index (χ3v) is 98.3. The molecule has 2 aromatic heterocycles. The molecule has 6 unspecified atom stereocenters. The van der Waals surface area contributed by atoms with Crippen LogP contribution in [0.5, 0.6) is 0 Å². The number of rotatable bonds is 9. The monoisotopic (exact) mass is 844 g/mol. The summed E-state index contributed by atoms with van der Waals surface area (Å²) >= 11 is 0. The first kappa shape index (κ1) is 31.0. The molecular weight excluding hydrogens is 779 g/mol. The summed E-state index contributed by atoms with van der Waals surface area (Å²) in [5, 5.41) is -0.103. The molecule has 2 nitrogen and oxygen atoms in total. The fourth-order valence-electron chi connectivity index (χ4n) is 35.1. The van der Waals surface area contributed by atoms with Gasteiger partial charge in [-0.05, 0) is 0 Å². The molecular formula is C48H66FeN2P2Si2. The molecule has 55 heavy (non-hydrogen) atoms. The molecule has 8 aliphatic carbocycles. The van der Waals surface area contributed by atoms with Gasteiger partial charge < -0.3 is 0 Å². The van der Waals surface area contributed by atoms with Crippen molar-refractivity contribution >= 4 is 33.3 Å². The van der Waals surface area contributed by atoms with Crippen molar-refractivity contribution in [1.29, 1.82) is 0 Å². The minimum atomic E-state index is -4.61. The molecule has 0 amide bonds. The summed E-state index contributed by atoms with van der Waals surface area (Å²) in [6.45, 7) is 13.5. The quantitative estimate of drug-likeness (QED) is 0.186. The van der Waals surface area contributed by atoms with Crippen molar-refractivity contribution in [3.63, 3.8) is 0 Å². The number of fused-ring (bicyclic) bond motifs is 10. The van der Waals surface area contributed by atoms with Crippen LogP contribution < -0.4 is 0 Å². The predicted octanol–water partition coefficient (Wildman–Crippen LogP) is 13.4. The topological polar surface area (TPSA) is 25.8 Å². The van der Waals surface area contributed by atoms with Crippen molar-refractivity contribution in [2.24, 2.45) is 47.3 Å². The fourth-order valence-corrected chi connectivity index (χ4v) is 183. The molecule has 20 rings (SSSR count). The van der Waals surface area contributed by atoms with Gasteiger partial charge in [0.2, 0.25) is 0 Å². The van der Waals surface area contributed by atoms with Crippen LogP contribution in [0.15, 0.2) is 48.8 Å². The summed E-state index contributed by atoms with van der Waals surface area (Å²) in [5.74, 6) is 8.81. The van der Waals surface area contributed by atoms with E-state index in [-0.39, 0.29) is 13.1 Å². The Labute approximate surface area is 326 Å². The van der Waals surface area contributed by atoms with Gasteiger partial charge in [0.1, 0.15) is 0 Å². The molecule has 18 fully saturated rings. The zero-order valence-electron chi connectivity index (χ0n) is 34.4. The zero-order chi connectivity index (χ0) is 36.6. The number of hydrogen-bond acceptors (Lipinski definition) is 2. The van der Waals surface area contributed by atoms with Crippen molar-refractivity contribution in [2.75, 3.05) is 6.16 Å². The third-order valence-electron chi connectivity index (χ3n) is 29.8. The van der Waals surface area contributed by atoms with Crippen LogP contribution in [-0.2, 0) is 11.7 Å². The van der Waals surface area contributed by atoms with Gasteiger partial charge in [-0.15, -0.1) is 0 Å². The van der Waals surface area contributed by atoms with E-state index in [1.807, 2.05) is 6.16 Å². The van der Waals surface area contributed by atoms with Gasteiger partial charge in [0, 0.05) is 0 Å². The third kappa shape index (κ3) is 1.02. The van der Waals surface area contributed by atoms with Gasteiger partial charge in [0.15, 0.2) is 0 Å². The summed E-state index contributed by atoms with van der Waals surface area (Å²) in [5.41, 5.74) is 5.12. The van der Waals surface area contributed by atoms with Crippen molar-refractivity contribution in [1.82, 2.24) is 9.97 Å². The molecule has 10 saturated heterocycles. The molecule has 6 atom stereocenters. The molecule has 8 saturated carbocycles. The average Bonchev–Trinajstić information content (AvgIpc) is 4.09. The predicted molar refractivity (Wildman–Crippen MR) is 232 cm³/mol. The maximum atomic E-state index is 5.59. The summed E-state index contributed by atoms with van der Waals surface area (Å²) in [4.78, 5) is 18.6. The Kier molecular flexibility index (Phi) is 3.16. The van der Waals surface area contributed by atoms with Gasteiger partial charge in [0.05, 0.1) is 0 Å². The summed E-state index contributed by atoms with van der Waals surface area (Å²) in [6.07, 6.45) is 22.6. The Bertz CT molecular complexity index is 2500. The molecule has 12 heterocycles. The average molecular weight is 845 g/mol. The summed E-state index contributed by atoms with van der Waals surface area (Å²) in [7, 11) is 0.721. The first-order valence-electron chi connectivity index (χ1n) is 23.7. The van der Waals surface area contributed by atoms with E-state index in [0.717, 1.165) is 75.7 Å². The van der Waals surface area contributed by atoms with Crippen LogP contribution in [0.3, 0.4) is 0 Å². The number of aromatic nitrogens is 2. The van der Waals surface area contributed by atoms with E-state index < -0.39 is 22.7 Å². The first-order valence-corrected chi connectivity index (χ1v) is 39.0. The first-order chi connectivity index (χ1) is 26.1. The minimum absolute atomic E-state index is 0.00202. The second-order valence-electron chi connectivity index (χ2n) is 28.3. The SMILES string of the molecule is C[Si](C)(C)[C]12[CH]3[C]4(C(P)(c5ccccn5)c5ccccn5)[C]5(CP(C6C7CC8CC(C7)CC6C8)C6C7CC8CC(C7)CC6C8)[C]1([Si](C)(C)C)[Fe]35421678[CH]2[CH]1[CH]6[CH]7[CH]28. The van der Waals surface area contributed by atoms with Crippen molar-refractivity contribution in [2.45, 2.75) is 165 Å². The molecule has 10 aliphatic heterocycles. The van der Waals surface area contributed by atoms with Gasteiger partial charge in [0.25, 0.3) is 0 Å². The molecule has 7 heteroatoms. The standard InChI is InChI=1S/C43H61N2P2Si2.C5H5.Fe/c1-48(2,3)37-25-36(43(46,38-11-7-9-13-44-38)39-12-8-10-14-45-39)35(42(37)49(4,5)6)26-47(40-31-17-27-15-28(19-31)20-32(40)18-27)41-33-21-29-16-30(23-33)24-34(41)22-29;1-2-4-5-3-1;/h7-14,25,27-34,40-41H,15-24,26,46H2,1-6H3;1-5H;. The second-order valence-corrected chi connectivity index (χ2v) is 65.9. The van der Waals surface area contributed by atoms with Crippen LogP contribution in [-0.4, -0.2) is 43.6 Å². The van der Waals surface area contributed by atoms with Gasteiger partial charge in [-0.25, -0.2) is 0 Å². The normalized spacial score (nSPS) is 70.6. The Morgan fingerprint density at radius 1 is 0.636 bits per heavy atom. The molecule has 2 aromatic rings. The number of pyridine rings is 2. The zero-order valence-corrected chi connectivity index (χ0v) is 39.6. The van der Waals surface area contributed by atoms with Crippen LogP contribution in [0.4, 0.5) is 0 Å². The molecule has 18 aliphatic rings. The van der Waals surface area contributed by atoms with E-state index in [1.165, 1.54) is 35.5 Å². The molecule has 0 N–H and O–H groups in total. The summed E-state index contributed by atoms with van der Waals surface area (Å²) in [6, 6.07) is 14.2. The van der Waals surface area contributed by atoms with E-state index in [9.17, 15) is 0 Å². The van der Waals surface area contributed by atoms with Gasteiger partial charge >= 0.3 is 329 Å². The van der Waals surface area contributed by atoms with Gasteiger partial charge in [-0.1, -0.05) is 0 Å².